The van der Waals surface area contributed by atoms with Gasteiger partial charge in [-0.1, -0.05) is 26.7 Å². The van der Waals surface area contributed by atoms with Gasteiger partial charge in [-0.25, -0.2) is 0 Å². The van der Waals surface area contributed by atoms with Crippen molar-refractivity contribution in [2.45, 2.75) is 58.4 Å². The highest BCUT2D eigenvalue weighted by Gasteiger charge is 2.24. The summed E-state index contributed by atoms with van der Waals surface area (Å²) in [4.78, 5) is 10.9. The Bertz CT molecular complexity index is 137. The van der Waals surface area contributed by atoms with Crippen LogP contribution >= 0.6 is 0 Å². The first-order chi connectivity index (χ1) is 5.54. The minimum atomic E-state index is -0.227. The summed E-state index contributed by atoms with van der Waals surface area (Å²) in [6.07, 6.45) is 4.57. The smallest absolute Gasteiger partial charge is 0.131 e. The van der Waals surface area contributed by atoms with E-state index in [9.17, 15) is 4.79 Å². The van der Waals surface area contributed by atoms with Gasteiger partial charge in [-0.3, -0.25) is 4.79 Å². The largest absolute Gasteiger partial charge is 0.325 e. The van der Waals surface area contributed by atoms with Crippen molar-refractivity contribution >= 4 is 5.78 Å². The van der Waals surface area contributed by atoms with Crippen LogP contribution in [0.4, 0.5) is 0 Å². The fourth-order valence-electron chi connectivity index (χ4n) is 1.79. The first-order valence-corrected chi connectivity index (χ1v) is 4.82. The summed E-state index contributed by atoms with van der Waals surface area (Å²) in [6.45, 7) is 5.84. The molecule has 0 heterocycles. The molecule has 2 N–H and O–H groups in total. The lowest BCUT2D eigenvalue weighted by atomic mass is 9.85. The molecular formula is C10H21NO. The van der Waals surface area contributed by atoms with Crippen LogP contribution in [0.15, 0.2) is 0 Å². The summed E-state index contributed by atoms with van der Waals surface area (Å²) in [7, 11) is 0. The summed E-state index contributed by atoms with van der Waals surface area (Å²) >= 11 is 0. The van der Waals surface area contributed by atoms with Gasteiger partial charge in [0.25, 0.3) is 0 Å². The van der Waals surface area contributed by atoms with Crippen LogP contribution in [0.2, 0.25) is 0 Å². The zero-order valence-corrected chi connectivity index (χ0v) is 8.52. The average Bonchev–Trinajstić information content (AvgIpc) is 1.85. The van der Waals surface area contributed by atoms with E-state index in [1.54, 1.807) is 6.92 Å². The maximum absolute atomic E-state index is 10.9. The lowest BCUT2D eigenvalue weighted by Crippen LogP contribution is -2.41. The normalized spacial score (nSPS) is 11.7. The minimum Gasteiger partial charge on any atom is -0.325 e. The van der Waals surface area contributed by atoms with Crippen LogP contribution in [0.5, 0.6) is 0 Å². The molecule has 0 unspecified atom stereocenters. The minimum absolute atomic E-state index is 0.208. The summed E-state index contributed by atoms with van der Waals surface area (Å²) < 4.78 is 0. The molecule has 0 aliphatic heterocycles. The number of hydrogen-bond donors (Lipinski definition) is 1. The second-order valence-electron chi connectivity index (χ2n) is 3.74. The Labute approximate surface area is 75.5 Å². The van der Waals surface area contributed by atoms with Crippen molar-refractivity contribution in [3.8, 4) is 0 Å². The molecule has 0 fully saturated rings. The molecule has 0 aromatic carbocycles. The molecule has 0 radical (unpaired) electrons. The van der Waals surface area contributed by atoms with E-state index in [1.165, 1.54) is 0 Å². The fraction of sp³-hybridized carbons (Fsp3) is 0.900. The van der Waals surface area contributed by atoms with Gasteiger partial charge in [0.1, 0.15) is 5.78 Å². The molecule has 0 atom stereocenters. The van der Waals surface area contributed by atoms with Crippen molar-refractivity contribution in [3.63, 3.8) is 0 Å². The summed E-state index contributed by atoms with van der Waals surface area (Å²) in [5, 5.41) is 0. The summed E-state index contributed by atoms with van der Waals surface area (Å²) in [6, 6.07) is 0. The molecule has 0 spiro atoms. The maximum atomic E-state index is 10.9. The molecule has 2 nitrogen and oxygen atoms in total. The highest BCUT2D eigenvalue weighted by Crippen LogP contribution is 2.20. The van der Waals surface area contributed by atoms with Crippen LogP contribution in [0.1, 0.15) is 52.9 Å². The molecule has 0 rings (SSSR count). The molecular weight excluding hydrogens is 150 g/mol. The Kier molecular flexibility index (Phi) is 5.14. The summed E-state index contributed by atoms with van der Waals surface area (Å²) in [5.74, 6) is 0.208. The molecule has 12 heavy (non-hydrogen) atoms. The predicted octanol–water partition coefficient (Wildman–Crippen LogP) is 2.26. The second-order valence-corrected chi connectivity index (χ2v) is 3.74. The van der Waals surface area contributed by atoms with E-state index in [0.29, 0.717) is 6.42 Å². The second kappa shape index (κ2) is 5.31. The van der Waals surface area contributed by atoms with Crippen LogP contribution in [0, 0.1) is 0 Å². The Morgan fingerprint density at radius 3 is 1.92 bits per heavy atom. The highest BCUT2D eigenvalue weighted by atomic mass is 16.1. The Hall–Kier alpha value is -0.370. The number of carbonyl (C=O) groups excluding carboxylic acids is 1. The van der Waals surface area contributed by atoms with Crippen molar-refractivity contribution in [1.29, 1.82) is 0 Å². The van der Waals surface area contributed by atoms with E-state index in [0.717, 1.165) is 25.7 Å². The lowest BCUT2D eigenvalue weighted by molar-refractivity contribution is -0.118. The quantitative estimate of drug-likeness (QED) is 0.666. The molecule has 2 heteroatoms. The average molecular weight is 171 g/mol. The Morgan fingerprint density at radius 1 is 1.25 bits per heavy atom. The lowest BCUT2D eigenvalue weighted by Gasteiger charge is -2.27. The monoisotopic (exact) mass is 171 g/mol. The van der Waals surface area contributed by atoms with E-state index in [-0.39, 0.29) is 11.3 Å². The van der Waals surface area contributed by atoms with Crippen LogP contribution in [0.25, 0.3) is 0 Å². The number of hydrogen-bond acceptors (Lipinski definition) is 2. The first-order valence-electron chi connectivity index (χ1n) is 4.82. The topological polar surface area (TPSA) is 43.1 Å². The molecule has 0 aliphatic rings. The van der Waals surface area contributed by atoms with Gasteiger partial charge in [0.2, 0.25) is 0 Å². The van der Waals surface area contributed by atoms with Gasteiger partial charge < -0.3 is 5.73 Å². The molecule has 0 bridgehead atoms. The highest BCUT2D eigenvalue weighted by molar-refractivity contribution is 5.76. The molecule has 72 valence electrons. The van der Waals surface area contributed by atoms with Gasteiger partial charge in [-0.2, -0.15) is 0 Å². The predicted molar refractivity (Wildman–Crippen MR) is 52.0 cm³/mol. The van der Waals surface area contributed by atoms with Gasteiger partial charge in [-0.05, 0) is 19.8 Å². The van der Waals surface area contributed by atoms with E-state index in [4.69, 9.17) is 5.73 Å². The SMILES string of the molecule is CCCC(N)(CCC)CC(C)=O. The number of nitrogens with two attached hydrogens (primary N) is 1. The van der Waals surface area contributed by atoms with Crippen LogP contribution in [0.3, 0.4) is 0 Å². The Balaban J connectivity index is 4.07. The van der Waals surface area contributed by atoms with Gasteiger partial charge in [0, 0.05) is 12.0 Å². The van der Waals surface area contributed by atoms with Crippen molar-refractivity contribution < 1.29 is 4.79 Å². The summed E-state index contributed by atoms with van der Waals surface area (Å²) in [5.41, 5.74) is 5.87. The van der Waals surface area contributed by atoms with Gasteiger partial charge in [0.15, 0.2) is 0 Å². The van der Waals surface area contributed by atoms with Crippen LogP contribution in [-0.2, 0) is 4.79 Å². The fourth-order valence-corrected chi connectivity index (χ4v) is 1.79. The van der Waals surface area contributed by atoms with Gasteiger partial charge in [-0.15, -0.1) is 0 Å². The molecule has 0 amide bonds. The van der Waals surface area contributed by atoms with E-state index >= 15 is 0 Å². The van der Waals surface area contributed by atoms with Gasteiger partial charge >= 0.3 is 0 Å². The molecule has 0 aromatic heterocycles. The number of Topliss-reactive ketones (excluding diaryl/α,β-unsaturated/α-hetero) is 1. The van der Waals surface area contributed by atoms with Crippen LogP contribution < -0.4 is 5.73 Å². The van der Waals surface area contributed by atoms with Crippen LogP contribution in [-0.4, -0.2) is 11.3 Å². The molecule has 0 aliphatic carbocycles. The number of rotatable bonds is 6. The van der Waals surface area contributed by atoms with E-state index in [2.05, 4.69) is 13.8 Å². The van der Waals surface area contributed by atoms with E-state index in [1.807, 2.05) is 0 Å². The van der Waals surface area contributed by atoms with Crippen molar-refractivity contribution in [3.05, 3.63) is 0 Å². The van der Waals surface area contributed by atoms with Gasteiger partial charge in [0.05, 0.1) is 0 Å². The standard InChI is InChI=1S/C10H21NO/c1-4-6-10(11,7-5-2)8-9(3)12/h4-8,11H2,1-3H3. The number of ketones is 1. The Morgan fingerprint density at radius 2 is 1.67 bits per heavy atom. The third-order valence-electron chi connectivity index (χ3n) is 2.10. The maximum Gasteiger partial charge on any atom is 0.131 e. The third-order valence-corrected chi connectivity index (χ3v) is 2.10. The zero-order valence-electron chi connectivity index (χ0n) is 8.52. The van der Waals surface area contributed by atoms with Crippen molar-refractivity contribution in [2.24, 2.45) is 5.73 Å². The molecule has 0 aromatic rings. The van der Waals surface area contributed by atoms with E-state index < -0.39 is 0 Å². The van der Waals surface area contributed by atoms with Crippen molar-refractivity contribution in [2.75, 3.05) is 0 Å². The third kappa shape index (κ3) is 4.50. The number of carbonyl (C=O) groups is 1. The van der Waals surface area contributed by atoms with Crippen molar-refractivity contribution in [1.82, 2.24) is 0 Å². The zero-order chi connectivity index (χ0) is 9.61. The molecule has 0 saturated heterocycles. The first kappa shape index (κ1) is 11.6. The molecule has 0 saturated carbocycles.